The third-order valence-electron chi connectivity index (χ3n) is 4.99. The average molecular weight is 326 g/mol. The smallest absolute Gasteiger partial charge is 0.0701 e. The van der Waals surface area contributed by atoms with Gasteiger partial charge >= 0.3 is 0 Å². The molecule has 0 bridgehead atoms. The number of rotatable bonds is 4. The van der Waals surface area contributed by atoms with E-state index in [2.05, 4.69) is 51.9 Å². The second kappa shape index (κ2) is 5.21. The summed E-state index contributed by atoms with van der Waals surface area (Å²) in [6.07, 6.45) is 7.67. The summed E-state index contributed by atoms with van der Waals surface area (Å²) < 4.78 is 3.33. The molecule has 3 unspecified atom stereocenters. The number of hydrogen-bond acceptors (Lipinski definition) is 2. The zero-order valence-corrected chi connectivity index (χ0v) is 13.7. The number of fused-ring (bicyclic) bond motifs is 1. The van der Waals surface area contributed by atoms with Crippen LogP contribution in [0, 0.1) is 17.8 Å². The van der Waals surface area contributed by atoms with Gasteiger partial charge in [-0.05, 0) is 67.4 Å². The summed E-state index contributed by atoms with van der Waals surface area (Å²) in [5.74, 6) is 2.72. The second-order valence-corrected chi connectivity index (χ2v) is 7.23. The minimum atomic E-state index is 0.415. The van der Waals surface area contributed by atoms with E-state index in [4.69, 9.17) is 0 Å². The van der Waals surface area contributed by atoms with Crippen LogP contribution in [-0.2, 0) is 0 Å². The summed E-state index contributed by atoms with van der Waals surface area (Å²) in [5, 5.41) is 8.11. The summed E-state index contributed by atoms with van der Waals surface area (Å²) in [6.45, 7) is 4.41. The Morgan fingerprint density at radius 3 is 2.47 bits per heavy atom. The van der Waals surface area contributed by atoms with Crippen molar-refractivity contribution >= 4 is 15.9 Å². The second-order valence-electron chi connectivity index (χ2n) is 6.37. The lowest BCUT2D eigenvalue weighted by Crippen LogP contribution is -2.24. The van der Waals surface area contributed by atoms with Crippen molar-refractivity contribution in [2.24, 2.45) is 17.8 Å². The topological polar surface area (TPSA) is 29.9 Å². The van der Waals surface area contributed by atoms with Crippen LogP contribution in [0.1, 0.15) is 57.3 Å². The molecule has 19 heavy (non-hydrogen) atoms. The van der Waals surface area contributed by atoms with Gasteiger partial charge in [0.15, 0.2) is 0 Å². The van der Waals surface area contributed by atoms with Crippen LogP contribution in [0.25, 0.3) is 0 Å². The largest absolute Gasteiger partial charge is 0.311 e. The predicted octanol–water partition coefficient (Wildman–Crippen LogP) is 3.92. The van der Waals surface area contributed by atoms with Crippen LogP contribution in [0.15, 0.2) is 10.7 Å². The van der Waals surface area contributed by atoms with Crippen molar-refractivity contribution < 1.29 is 0 Å². The van der Waals surface area contributed by atoms with Gasteiger partial charge in [0.1, 0.15) is 0 Å². The molecule has 0 aliphatic heterocycles. The van der Waals surface area contributed by atoms with Crippen molar-refractivity contribution in [1.82, 2.24) is 15.1 Å². The molecule has 1 aromatic heterocycles. The molecule has 2 saturated carbocycles. The normalized spacial score (nSPS) is 31.3. The fourth-order valence-corrected chi connectivity index (χ4v) is 4.63. The SMILES string of the molecule is CNC(c1c(Br)cnn1C(C)C)C1C2CCCCC21. The van der Waals surface area contributed by atoms with E-state index in [1.807, 2.05) is 6.20 Å². The monoisotopic (exact) mass is 325 g/mol. The molecule has 0 amide bonds. The maximum atomic E-state index is 4.54. The summed E-state index contributed by atoms with van der Waals surface area (Å²) >= 11 is 3.70. The highest BCUT2D eigenvalue weighted by Crippen LogP contribution is 2.60. The number of hydrogen-bond donors (Lipinski definition) is 1. The number of nitrogens with zero attached hydrogens (tertiary/aromatic N) is 2. The Bertz CT molecular complexity index is 442. The molecule has 0 saturated heterocycles. The Morgan fingerprint density at radius 2 is 1.95 bits per heavy atom. The van der Waals surface area contributed by atoms with Crippen molar-refractivity contribution in [2.45, 2.75) is 51.6 Å². The van der Waals surface area contributed by atoms with Crippen molar-refractivity contribution in [3.8, 4) is 0 Å². The van der Waals surface area contributed by atoms with E-state index < -0.39 is 0 Å². The molecule has 3 atom stereocenters. The van der Waals surface area contributed by atoms with Crippen LogP contribution in [0.4, 0.5) is 0 Å². The number of nitrogens with one attached hydrogen (secondary N) is 1. The third kappa shape index (κ3) is 2.27. The Labute approximate surface area is 124 Å². The van der Waals surface area contributed by atoms with Gasteiger partial charge in [0.05, 0.1) is 22.4 Å². The first-order valence-electron chi connectivity index (χ1n) is 7.55. The van der Waals surface area contributed by atoms with Crippen molar-refractivity contribution in [3.63, 3.8) is 0 Å². The fourth-order valence-electron chi connectivity index (χ4n) is 4.11. The lowest BCUT2D eigenvalue weighted by atomic mass is 10.0. The summed E-state index contributed by atoms with van der Waals surface area (Å²) in [5.41, 5.74) is 1.34. The first-order valence-corrected chi connectivity index (χ1v) is 8.34. The standard InChI is InChI=1S/C15H24BrN3/c1-9(2)19-15(12(16)8-18-19)14(17-3)13-10-6-4-5-7-11(10)13/h8-11,13-14,17H,4-7H2,1-3H3. The molecule has 3 rings (SSSR count). The van der Waals surface area contributed by atoms with Gasteiger partial charge in [-0.25, -0.2) is 0 Å². The van der Waals surface area contributed by atoms with Crippen LogP contribution >= 0.6 is 15.9 Å². The van der Waals surface area contributed by atoms with Crippen LogP contribution in [0.5, 0.6) is 0 Å². The molecule has 106 valence electrons. The molecule has 0 aromatic carbocycles. The number of halogens is 1. The molecule has 3 nitrogen and oxygen atoms in total. The van der Waals surface area contributed by atoms with Gasteiger partial charge in [-0.1, -0.05) is 12.8 Å². The van der Waals surface area contributed by atoms with Gasteiger partial charge in [0, 0.05) is 6.04 Å². The Hall–Kier alpha value is -0.350. The van der Waals surface area contributed by atoms with E-state index in [-0.39, 0.29) is 0 Å². The van der Waals surface area contributed by atoms with Crippen LogP contribution in [0.2, 0.25) is 0 Å². The summed E-state index contributed by atoms with van der Waals surface area (Å²) in [7, 11) is 2.10. The van der Waals surface area contributed by atoms with Gasteiger partial charge < -0.3 is 5.32 Å². The molecule has 2 aliphatic rings. The van der Waals surface area contributed by atoms with Gasteiger partial charge in [0.2, 0.25) is 0 Å². The first-order chi connectivity index (χ1) is 9.15. The van der Waals surface area contributed by atoms with E-state index in [9.17, 15) is 0 Å². The molecule has 2 fully saturated rings. The van der Waals surface area contributed by atoms with E-state index in [0.717, 1.165) is 22.2 Å². The summed E-state index contributed by atoms with van der Waals surface area (Å²) in [6, 6.07) is 0.866. The average Bonchev–Trinajstić information content (AvgIpc) is 2.99. The molecule has 1 N–H and O–H groups in total. The summed E-state index contributed by atoms with van der Waals surface area (Å²) in [4.78, 5) is 0. The van der Waals surface area contributed by atoms with Crippen molar-refractivity contribution in [2.75, 3.05) is 7.05 Å². The molecule has 2 aliphatic carbocycles. The lowest BCUT2D eigenvalue weighted by Gasteiger charge is -2.21. The quantitative estimate of drug-likeness (QED) is 0.909. The van der Waals surface area contributed by atoms with E-state index in [0.29, 0.717) is 12.1 Å². The predicted molar refractivity (Wildman–Crippen MR) is 81.1 cm³/mol. The fraction of sp³-hybridized carbons (Fsp3) is 0.800. The molecular formula is C15H24BrN3. The molecule has 0 radical (unpaired) electrons. The maximum absolute atomic E-state index is 4.54. The molecule has 1 heterocycles. The van der Waals surface area contributed by atoms with E-state index in [1.54, 1.807) is 0 Å². The Balaban J connectivity index is 1.89. The highest BCUT2D eigenvalue weighted by atomic mass is 79.9. The molecular weight excluding hydrogens is 302 g/mol. The van der Waals surface area contributed by atoms with E-state index >= 15 is 0 Å². The molecule has 1 aromatic rings. The highest BCUT2D eigenvalue weighted by molar-refractivity contribution is 9.10. The minimum absolute atomic E-state index is 0.415. The van der Waals surface area contributed by atoms with Gasteiger partial charge in [-0.15, -0.1) is 0 Å². The Morgan fingerprint density at radius 1 is 1.32 bits per heavy atom. The molecule has 0 spiro atoms. The van der Waals surface area contributed by atoms with Gasteiger partial charge in [0.25, 0.3) is 0 Å². The first kappa shape index (κ1) is 13.6. The zero-order valence-electron chi connectivity index (χ0n) is 12.1. The van der Waals surface area contributed by atoms with Crippen molar-refractivity contribution in [1.29, 1.82) is 0 Å². The number of aromatic nitrogens is 2. The zero-order chi connectivity index (χ0) is 13.6. The van der Waals surface area contributed by atoms with Gasteiger partial charge in [-0.3, -0.25) is 4.68 Å². The van der Waals surface area contributed by atoms with Crippen LogP contribution in [0.3, 0.4) is 0 Å². The Kier molecular flexibility index (Phi) is 3.73. The highest BCUT2D eigenvalue weighted by Gasteiger charge is 2.55. The third-order valence-corrected chi connectivity index (χ3v) is 5.60. The van der Waals surface area contributed by atoms with Crippen molar-refractivity contribution in [3.05, 3.63) is 16.4 Å². The van der Waals surface area contributed by atoms with Gasteiger partial charge in [-0.2, -0.15) is 5.10 Å². The molecule has 4 heteroatoms. The van der Waals surface area contributed by atoms with E-state index in [1.165, 1.54) is 31.4 Å². The maximum Gasteiger partial charge on any atom is 0.0701 e. The van der Waals surface area contributed by atoms with Crippen LogP contribution < -0.4 is 5.32 Å². The lowest BCUT2D eigenvalue weighted by molar-refractivity contribution is 0.413. The minimum Gasteiger partial charge on any atom is -0.311 e. The van der Waals surface area contributed by atoms with Crippen LogP contribution in [-0.4, -0.2) is 16.8 Å².